The van der Waals surface area contributed by atoms with Crippen LogP contribution in [0.4, 0.5) is 10.1 Å². The van der Waals surface area contributed by atoms with Gasteiger partial charge in [-0.1, -0.05) is 11.6 Å². The van der Waals surface area contributed by atoms with E-state index in [1.807, 2.05) is 0 Å². The topological polar surface area (TPSA) is 92.4 Å². The minimum absolute atomic E-state index is 0.0516. The van der Waals surface area contributed by atoms with Crippen LogP contribution in [0.25, 0.3) is 0 Å². The number of benzene rings is 1. The molecule has 104 valence electrons. The minimum Gasteiger partial charge on any atom is -0.480 e. The second-order valence-electron chi connectivity index (χ2n) is 3.64. The third-order valence-electron chi connectivity index (χ3n) is 2.05. The SMILES string of the molecule is N[C@H](CSCC(=O)Nc1ccc(F)c(Cl)c1)C(=O)O. The first-order valence-corrected chi connectivity index (χ1v) is 6.74. The molecule has 0 spiro atoms. The Balaban J connectivity index is 2.39. The Hall–Kier alpha value is -1.31. The lowest BCUT2D eigenvalue weighted by molar-refractivity contribution is -0.137. The number of aliphatic carboxylic acids is 1. The van der Waals surface area contributed by atoms with Crippen molar-refractivity contribution in [1.29, 1.82) is 0 Å². The highest BCUT2D eigenvalue weighted by Gasteiger charge is 2.12. The Bertz CT molecular complexity index is 487. The van der Waals surface area contributed by atoms with Crippen LogP contribution in [0.5, 0.6) is 0 Å². The van der Waals surface area contributed by atoms with Crippen molar-refractivity contribution < 1.29 is 19.1 Å². The number of amides is 1. The summed E-state index contributed by atoms with van der Waals surface area (Å²) in [5.74, 6) is -1.84. The van der Waals surface area contributed by atoms with Crippen LogP contribution in [-0.2, 0) is 9.59 Å². The van der Waals surface area contributed by atoms with E-state index in [4.69, 9.17) is 22.4 Å². The number of carbonyl (C=O) groups excluding carboxylic acids is 1. The maximum atomic E-state index is 12.9. The van der Waals surface area contributed by atoms with E-state index in [-0.39, 0.29) is 22.4 Å². The molecular formula is C11H12ClFN2O3S. The van der Waals surface area contributed by atoms with Crippen molar-refractivity contribution in [2.45, 2.75) is 6.04 Å². The highest BCUT2D eigenvalue weighted by Crippen LogP contribution is 2.19. The van der Waals surface area contributed by atoms with E-state index in [0.717, 1.165) is 17.8 Å². The summed E-state index contributed by atoms with van der Waals surface area (Å²) in [6.45, 7) is 0. The predicted octanol–water partition coefficient (Wildman–Crippen LogP) is 1.56. The average molecular weight is 307 g/mol. The summed E-state index contributed by atoms with van der Waals surface area (Å²) in [5.41, 5.74) is 5.66. The number of rotatable bonds is 6. The van der Waals surface area contributed by atoms with Crippen LogP contribution < -0.4 is 11.1 Å². The summed E-state index contributed by atoms with van der Waals surface area (Å²) in [6, 6.07) is 2.82. The zero-order valence-electron chi connectivity index (χ0n) is 9.73. The summed E-state index contributed by atoms with van der Waals surface area (Å²) < 4.78 is 12.9. The monoisotopic (exact) mass is 306 g/mol. The summed E-state index contributed by atoms with van der Waals surface area (Å²) in [6.07, 6.45) is 0. The molecule has 1 aromatic rings. The molecule has 1 aromatic carbocycles. The fourth-order valence-electron chi connectivity index (χ4n) is 1.12. The molecular weight excluding hydrogens is 295 g/mol. The van der Waals surface area contributed by atoms with Crippen molar-refractivity contribution in [3.63, 3.8) is 0 Å². The number of halogens is 2. The average Bonchev–Trinajstić information content (AvgIpc) is 2.33. The number of anilines is 1. The van der Waals surface area contributed by atoms with Crippen LogP contribution in [0.1, 0.15) is 0 Å². The van der Waals surface area contributed by atoms with Crippen molar-refractivity contribution in [1.82, 2.24) is 0 Å². The van der Waals surface area contributed by atoms with Crippen LogP contribution in [0.3, 0.4) is 0 Å². The van der Waals surface area contributed by atoms with E-state index in [0.29, 0.717) is 5.69 Å². The normalized spacial score (nSPS) is 11.9. The van der Waals surface area contributed by atoms with Gasteiger partial charge in [-0.2, -0.15) is 0 Å². The summed E-state index contributed by atoms with van der Waals surface area (Å²) in [5, 5.41) is 11.0. The smallest absolute Gasteiger partial charge is 0.321 e. The largest absolute Gasteiger partial charge is 0.480 e. The van der Waals surface area contributed by atoms with Gasteiger partial charge in [0.25, 0.3) is 0 Å². The molecule has 1 rings (SSSR count). The molecule has 1 atom stereocenters. The van der Waals surface area contributed by atoms with E-state index in [9.17, 15) is 14.0 Å². The minimum atomic E-state index is -1.11. The molecule has 0 bridgehead atoms. The van der Waals surface area contributed by atoms with Crippen molar-refractivity contribution in [3.8, 4) is 0 Å². The van der Waals surface area contributed by atoms with Gasteiger partial charge in [0.1, 0.15) is 11.9 Å². The quantitative estimate of drug-likeness (QED) is 0.742. The number of thioether (sulfide) groups is 1. The number of carboxylic acids is 1. The first kappa shape index (κ1) is 15.7. The summed E-state index contributed by atoms with van der Waals surface area (Å²) in [4.78, 5) is 21.9. The van der Waals surface area contributed by atoms with Crippen LogP contribution in [0.2, 0.25) is 5.02 Å². The van der Waals surface area contributed by atoms with Gasteiger partial charge in [-0.15, -0.1) is 11.8 Å². The standard InChI is InChI=1S/C11H12ClFN2O3S/c12-7-3-6(1-2-8(7)13)15-10(16)5-19-4-9(14)11(17)18/h1-3,9H,4-5,14H2,(H,15,16)(H,17,18)/t9-/m1/s1. The Kier molecular flexibility index (Phi) is 6.07. The fraction of sp³-hybridized carbons (Fsp3) is 0.273. The predicted molar refractivity (Wildman–Crippen MR) is 73.0 cm³/mol. The molecule has 19 heavy (non-hydrogen) atoms. The number of hydrogen-bond acceptors (Lipinski definition) is 4. The van der Waals surface area contributed by atoms with Crippen molar-refractivity contribution in [3.05, 3.63) is 29.0 Å². The van der Waals surface area contributed by atoms with Crippen molar-refractivity contribution >= 4 is 40.9 Å². The molecule has 4 N–H and O–H groups in total. The van der Waals surface area contributed by atoms with Gasteiger partial charge in [0.15, 0.2) is 0 Å². The molecule has 0 saturated carbocycles. The molecule has 0 unspecified atom stereocenters. The van der Waals surface area contributed by atoms with Crippen LogP contribution in [0, 0.1) is 5.82 Å². The molecule has 0 fully saturated rings. The second kappa shape index (κ2) is 7.32. The Morgan fingerprint density at radius 2 is 2.21 bits per heavy atom. The number of hydrogen-bond donors (Lipinski definition) is 3. The molecule has 1 amide bonds. The van der Waals surface area contributed by atoms with E-state index in [2.05, 4.69) is 5.32 Å². The highest BCUT2D eigenvalue weighted by atomic mass is 35.5. The van der Waals surface area contributed by atoms with Gasteiger partial charge in [0, 0.05) is 11.4 Å². The van der Waals surface area contributed by atoms with Gasteiger partial charge >= 0.3 is 5.97 Å². The van der Waals surface area contributed by atoms with Gasteiger partial charge in [-0.25, -0.2) is 4.39 Å². The van der Waals surface area contributed by atoms with Crippen molar-refractivity contribution in [2.24, 2.45) is 5.73 Å². The Labute approximate surface area is 118 Å². The Morgan fingerprint density at radius 3 is 2.79 bits per heavy atom. The van der Waals surface area contributed by atoms with Gasteiger partial charge < -0.3 is 16.2 Å². The van der Waals surface area contributed by atoms with Gasteiger partial charge in [-0.05, 0) is 18.2 Å². The number of nitrogens with two attached hydrogens (primary N) is 1. The van der Waals surface area contributed by atoms with Crippen LogP contribution >= 0.6 is 23.4 Å². The molecule has 0 radical (unpaired) electrons. The molecule has 8 heteroatoms. The third-order valence-corrected chi connectivity index (χ3v) is 3.40. The number of carbonyl (C=O) groups is 2. The lowest BCUT2D eigenvalue weighted by Gasteiger charge is -2.07. The lowest BCUT2D eigenvalue weighted by atomic mass is 10.3. The molecule has 0 heterocycles. The summed E-state index contributed by atoms with van der Waals surface area (Å²) in [7, 11) is 0. The number of nitrogens with one attached hydrogen (secondary N) is 1. The van der Waals surface area contributed by atoms with E-state index >= 15 is 0 Å². The van der Waals surface area contributed by atoms with Gasteiger partial charge in [0.2, 0.25) is 5.91 Å². The lowest BCUT2D eigenvalue weighted by Crippen LogP contribution is -2.33. The molecule has 0 aliphatic heterocycles. The summed E-state index contributed by atoms with van der Waals surface area (Å²) >= 11 is 6.66. The fourth-order valence-corrected chi connectivity index (χ4v) is 2.07. The zero-order chi connectivity index (χ0) is 14.4. The van der Waals surface area contributed by atoms with Crippen molar-refractivity contribution in [2.75, 3.05) is 16.8 Å². The zero-order valence-corrected chi connectivity index (χ0v) is 11.3. The maximum Gasteiger partial charge on any atom is 0.321 e. The first-order chi connectivity index (χ1) is 8.90. The van der Waals surface area contributed by atoms with Gasteiger partial charge in [-0.3, -0.25) is 9.59 Å². The van der Waals surface area contributed by atoms with Gasteiger partial charge in [0.05, 0.1) is 10.8 Å². The van der Waals surface area contributed by atoms with E-state index in [1.54, 1.807) is 0 Å². The second-order valence-corrected chi connectivity index (χ2v) is 5.07. The maximum absolute atomic E-state index is 12.9. The molecule has 0 saturated heterocycles. The molecule has 5 nitrogen and oxygen atoms in total. The Morgan fingerprint density at radius 1 is 1.53 bits per heavy atom. The molecule has 0 aromatic heterocycles. The molecule has 0 aliphatic rings. The van der Waals surface area contributed by atoms with Crippen LogP contribution in [-0.4, -0.2) is 34.5 Å². The third kappa shape index (κ3) is 5.46. The highest BCUT2D eigenvalue weighted by molar-refractivity contribution is 8.00. The van der Waals surface area contributed by atoms with E-state index in [1.165, 1.54) is 12.1 Å². The molecule has 0 aliphatic carbocycles. The van der Waals surface area contributed by atoms with E-state index < -0.39 is 17.8 Å². The first-order valence-electron chi connectivity index (χ1n) is 5.21. The van der Waals surface area contributed by atoms with Crippen LogP contribution in [0.15, 0.2) is 18.2 Å². The number of carboxylic acid groups (broad SMARTS) is 1.